The molecule has 18 heavy (non-hydrogen) atoms. The highest BCUT2D eigenvalue weighted by atomic mass is 16.6. The van der Waals surface area contributed by atoms with Gasteiger partial charge in [-0.2, -0.15) is 0 Å². The van der Waals surface area contributed by atoms with Crippen LogP contribution in [0, 0.1) is 5.21 Å². The summed E-state index contributed by atoms with van der Waals surface area (Å²) in [4.78, 5) is 22.9. The molecule has 0 radical (unpaired) electrons. The van der Waals surface area contributed by atoms with E-state index in [-0.39, 0.29) is 13.2 Å². The van der Waals surface area contributed by atoms with Gasteiger partial charge in [0.1, 0.15) is 12.2 Å². The Balaban J connectivity index is 2.38. The minimum absolute atomic E-state index is 0.196. The van der Waals surface area contributed by atoms with E-state index in [1.165, 1.54) is 11.0 Å². The minimum atomic E-state index is -1.21. The number of para-hydroxylation sites is 2. The Bertz CT molecular complexity index is 504. The summed E-state index contributed by atoms with van der Waals surface area (Å²) in [5.41, 5.74) is 0.775. The zero-order chi connectivity index (χ0) is 13.3. The van der Waals surface area contributed by atoms with Crippen LogP contribution in [0.5, 0.6) is 0 Å². The van der Waals surface area contributed by atoms with E-state index in [1.807, 2.05) is 0 Å². The van der Waals surface area contributed by atoms with Gasteiger partial charge in [-0.3, -0.25) is 4.79 Å². The topological polar surface area (TPSA) is 101 Å². The highest BCUT2D eigenvalue weighted by Crippen LogP contribution is 2.40. The van der Waals surface area contributed by atoms with Gasteiger partial charge in [-0.05, 0) is 6.07 Å². The van der Waals surface area contributed by atoms with Crippen LogP contribution in [0.4, 0.5) is 11.4 Å². The number of benzene rings is 1. The van der Waals surface area contributed by atoms with Gasteiger partial charge < -0.3 is 25.0 Å². The molecule has 0 aliphatic carbocycles. The van der Waals surface area contributed by atoms with Gasteiger partial charge in [0, 0.05) is 6.07 Å². The zero-order valence-electron chi connectivity index (χ0n) is 9.44. The number of carbonyl (C=O) groups is 2. The highest BCUT2D eigenvalue weighted by molar-refractivity contribution is 5.83. The van der Waals surface area contributed by atoms with Crippen molar-refractivity contribution in [1.82, 2.24) is 4.65 Å². The van der Waals surface area contributed by atoms with Gasteiger partial charge in [0.15, 0.2) is 18.9 Å². The normalized spacial score (nSPS) is 21.7. The molecule has 1 aliphatic rings. The van der Waals surface area contributed by atoms with Gasteiger partial charge in [0.25, 0.3) is 0 Å². The third-order valence-corrected chi connectivity index (χ3v) is 2.78. The van der Waals surface area contributed by atoms with Crippen molar-refractivity contribution in [2.45, 2.75) is 0 Å². The summed E-state index contributed by atoms with van der Waals surface area (Å²) in [6.07, 6.45) is 0. The third kappa shape index (κ3) is 2.13. The van der Waals surface area contributed by atoms with Crippen molar-refractivity contribution in [3.63, 3.8) is 0 Å². The number of nitrogens with zero attached hydrogens (tertiary/aromatic N) is 2. The van der Waals surface area contributed by atoms with E-state index in [4.69, 9.17) is 10.2 Å². The number of fused-ring (bicyclic) bond motifs is 1. The monoisotopic (exact) mass is 252 g/mol. The van der Waals surface area contributed by atoms with Crippen molar-refractivity contribution in [3.05, 3.63) is 29.5 Å². The number of rotatable bonds is 4. The van der Waals surface area contributed by atoms with Crippen LogP contribution in [0.1, 0.15) is 0 Å². The molecule has 0 bridgehead atoms. The number of carboxylic acid groups (broad SMARTS) is 2. The third-order valence-electron chi connectivity index (χ3n) is 2.78. The largest absolute Gasteiger partial charge is 0.626 e. The summed E-state index contributed by atoms with van der Waals surface area (Å²) < 4.78 is -1.06. The molecule has 1 heterocycles. The second-order valence-corrected chi connectivity index (χ2v) is 4.16. The van der Waals surface area contributed by atoms with Crippen molar-refractivity contribution in [2.24, 2.45) is 0 Å². The first-order valence-corrected chi connectivity index (χ1v) is 5.28. The molecule has 2 rings (SSSR count). The Labute approximate surface area is 103 Å². The maximum absolute atomic E-state index is 12.4. The molecule has 96 valence electrons. The number of anilines is 1. The van der Waals surface area contributed by atoms with E-state index in [9.17, 15) is 14.8 Å². The van der Waals surface area contributed by atoms with Crippen LogP contribution in [0.15, 0.2) is 24.3 Å². The van der Waals surface area contributed by atoms with Crippen molar-refractivity contribution < 1.29 is 19.8 Å². The lowest BCUT2D eigenvalue weighted by Crippen LogP contribution is -2.49. The number of aliphatic carboxylic acids is 2. The van der Waals surface area contributed by atoms with Crippen LogP contribution in [0.3, 0.4) is 0 Å². The Morgan fingerprint density at radius 2 is 1.94 bits per heavy atom. The predicted molar refractivity (Wildman–Crippen MR) is 64.0 cm³/mol. The average Bonchev–Trinajstić information content (AvgIpc) is 2.51. The summed E-state index contributed by atoms with van der Waals surface area (Å²) in [5, 5.41) is 30.0. The summed E-state index contributed by atoms with van der Waals surface area (Å²) in [5.74, 6) is -2.27. The lowest BCUT2D eigenvalue weighted by molar-refractivity contribution is -0.137. The molecule has 1 atom stereocenters. The molecule has 7 heteroatoms. The standard InChI is InChI=1S/C11H12N2O5/c14-10(15)5-12-7-13(18,6-11(16)17)9-4-2-1-3-8(9)12/h1-4H,5-7H2,(H,14,15)(H,16,17). The van der Waals surface area contributed by atoms with E-state index in [2.05, 4.69) is 0 Å². The molecule has 1 unspecified atom stereocenters. The maximum Gasteiger partial charge on any atom is 0.360 e. The van der Waals surface area contributed by atoms with E-state index in [1.54, 1.807) is 18.2 Å². The number of hydroxylamine groups is 2. The van der Waals surface area contributed by atoms with Crippen LogP contribution in [-0.4, -0.2) is 41.9 Å². The van der Waals surface area contributed by atoms with E-state index < -0.39 is 23.1 Å². The fourth-order valence-corrected chi connectivity index (χ4v) is 2.16. The van der Waals surface area contributed by atoms with Gasteiger partial charge >= 0.3 is 11.9 Å². The molecule has 0 saturated heterocycles. The first-order chi connectivity index (χ1) is 8.42. The fourth-order valence-electron chi connectivity index (χ4n) is 2.16. The summed E-state index contributed by atoms with van der Waals surface area (Å²) in [6.45, 7) is -1.13. The number of carboxylic acids is 2. The lowest BCUT2D eigenvalue weighted by Gasteiger charge is -2.36. The summed E-state index contributed by atoms with van der Waals surface area (Å²) in [6, 6.07) is 6.48. The first-order valence-electron chi connectivity index (χ1n) is 5.28. The molecule has 0 spiro atoms. The van der Waals surface area contributed by atoms with Gasteiger partial charge in [0.05, 0.1) is 0 Å². The fraction of sp³-hybridized carbons (Fsp3) is 0.273. The molecule has 2 N–H and O–H groups in total. The number of hydrogen-bond acceptors (Lipinski definition) is 4. The second-order valence-electron chi connectivity index (χ2n) is 4.16. The molecule has 0 aromatic heterocycles. The molecule has 0 amide bonds. The van der Waals surface area contributed by atoms with Crippen molar-refractivity contribution in [1.29, 1.82) is 0 Å². The van der Waals surface area contributed by atoms with Gasteiger partial charge in [-0.25, -0.2) is 4.79 Å². The lowest BCUT2D eigenvalue weighted by atomic mass is 10.2. The average molecular weight is 252 g/mol. The van der Waals surface area contributed by atoms with E-state index in [0.29, 0.717) is 11.4 Å². The zero-order valence-corrected chi connectivity index (χ0v) is 9.44. The molecule has 1 aromatic carbocycles. The maximum atomic E-state index is 12.4. The molecule has 1 aromatic rings. The minimum Gasteiger partial charge on any atom is -0.626 e. The van der Waals surface area contributed by atoms with Crippen LogP contribution >= 0.6 is 0 Å². The molecule has 1 aliphatic heterocycles. The van der Waals surface area contributed by atoms with E-state index in [0.717, 1.165) is 0 Å². The van der Waals surface area contributed by atoms with Gasteiger partial charge in [-0.1, -0.05) is 12.1 Å². The molecule has 7 nitrogen and oxygen atoms in total. The summed E-state index contributed by atoms with van der Waals surface area (Å²) >= 11 is 0. The Kier molecular flexibility index (Phi) is 2.93. The highest BCUT2D eigenvalue weighted by Gasteiger charge is 2.38. The molecular formula is C11H12N2O5. The van der Waals surface area contributed by atoms with Crippen LogP contribution < -0.4 is 9.55 Å². The molecule has 0 fully saturated rings. The summed E-state index contributed by atoms with van der Waals surface area (Å²) in [7, 11) is 0. The van der Waals surface area contributed by atoms with Gasteiger partial charge in [-0.15, -0.1) is 0 Å². The second kappa shape index (κ2) is 4.28. The number of quaternary nitrogens is 1. The van der Waals surface area contributed by atoms with Gasteiger partial charge in [0.2, 0.25) is 0 Å². The van der Waals surface area contributed by atoms with E-state index >= 15 is 0 Å². The van der Waals surface area contributed by atoms with Crippen molar-refractivity contribution in [3.8, 4) is 0 Å². The van der Waals surface area contributed by atoms with Crippen LogP contribution in [0.25, 0.3) is 0 Å². The van der Waals surface area contributed by atoms with Crippen LogP contribution in [-0.2, 0) is 9.59 Å². The van der Waals surface area contributed by atoms with Crippen LogP contribution in [0.2, 0.25) is 0 Å². The molecule has 0 saturated carbocycles. The quantitative estimate of drug-likeness (QED) is 0.595. The predicted octanol–water partition coefficient (Wildman–Crippen LogP) is 0.438. The number of hydrogen-bond donors (Lipinski definition) is 2. The SMILES string of the molecule is O=C(O)CN1C[N+]([O-])(CC(=O)O)c2ccccc21. The first kappa shape index (κ1) is 12.3. The molecular weight excluding hydrogens is 240 g/mol. The van der Waals surface area contributed by atoms with Crippen molar-refractivity contribution >= 4 is 23.3 Å². The van der Waals surface area contributed by atoms with Crippen molar-refractivity contribution in [2.75, 3.05) is 24.7 Å². The Hall–Kier alpha value is -2.12. The smallest absolute Gasteiger partial charge is 0.360 e. The Morgan fingerprint density at radius 3 is 2.56 bits per heavy atom. The Morgan fingerprint density at radius 1 is 1.28 bits per heavy atom.